The summed E-state index contributed by atoms with van der Waals surface area (Å²) in [5.74, 6) is 0.929. The summed E-state index contributed by atoms with van der Waals surface area (Å²) < 4.78 is 34.0. The zero-order chi connectivity index (χ0) is 19.9. The molecule has 2 amide bonds. The number of nitrogens with zero attached hydrogens (tertiary/aromatic N) is 3. The van der Waals surface area contributed by atoms with Crippen LogP contribution >= 0.6 is 0 Å². The van der Waals surface area contributed by atoms with Gasteiger partial charge in [0.2, 0.25) is 0 Å². The number of benzene rings is 1. The summed E-state index contributed by atoms with van der Waals surface area (Å²) in [6.07, 6.45) is 1.62. The number of anilines is 2. The monoisotopic (exact) mass is 392 g/mol. The van der Waals surface area contributed by atoms with Crippen LogP contribution in [0.4, 0.5) is 25.1 Å². The van der Waals surface area contributed by atoms with Gasteiger partial charge in [0.1, 0.15) is 11.6 Å². The van der Waals surface area contributed by atoms with Gasteiger partial charge in [0, 0.05) is 26.7 Å². The number of morpholine rings is 1. The van der Waals surface area contributed by atoms with Crippen LogP contribution in [0, 0.1) is 0 Å². The van der Waals surface area contributed by atoms with Gasteiger partial charge in [-0.2, -0.15) is 8.78 Å². The first kappa shape index (κ1) is 19.8. The summed E-state index contributed by atoms with van der Waals surface area (Å²) in [5.41, 5.74) is 1.38. The van der Waals surface area contributed by atoms with Gasteiger partial charge in [0.25, 0.3) is 0 Å². The average molecular weight is 392 g/mol. The number of hydrogen-bond acceptors (Lipinski definition) is 5. The van der Waals surface area contributed by atoms with E-state index in [9.17, 15) is 13.6 Å². The van der Waals surface area contributed by atoms with Gasteiger partial charge in [0.05, 0.1) is 25.1 Å². The van der Waals surface area contributed by atoms with Crippen LogP contribution in [0.2, 0.25) is 0 Å². The minimum absolute atomic E-state index is 0.0808. The standard InChI is InChI=1S/C19H22F2N4O3/c1-24(13-14-2-5-16(6-3-14)28-18(20)21)19(26)23-15-4-7-17(22-12-15)25-8-10-27-11-9-25/h2-7,12,18H,8-11,13H2,1H3,(H,23,26). The molecule has 1 aliphatic rings. The first-order valence-electron chi connectivity index (χ1n) is 8.86. The second-order valence-electron chi connectivity index (χ2n) is 6.31. The number of hydrogen-bond donors (Lipinski definition) is 1. The smallest absolute Gasteiger partial charge is 0.387 e. The maximum Gasteiger partial charge on any atom is 0.387 e. The van der Waals surface area contributed by atoms with Crippen molar-refractivity contribution >= 4 is 17.5 Å². The second kappa shape index (κ2) is 9.32. The number of pyridine rings is 1. The molecule has 1 aromatic heterocycles. The van der Waals surface area contributed by atoms with Gasteiger partial charge in [-0.3, -0.25) is 0 Å². The van der Waals surface area contributed by atoms with Gasteiger partial charge < -0.3 is 24.6 Å². The molecule has 0 atom stereocenters. The largest absolute Gasteiger partial charge is 0.435 e. The van der Waals surface area contributed by atoms with Gasteiger partial charge in [0.15, 0.2) is 0 Å². The number of nitrogens with one attached hydrogen (secondary N) is 1. The highest BCUT2D eigenvalue weighted by molar-refractivity contribution is 5.89. The average Bonchev–Trinajstić information content (AvgIpc) is 2.70. The summed E-state index contributed by atoms with van der Waals surface area (Å²) in [6.45, 7) is 0.411. The van der Waals surface area contributed by atoms with Crippen molar-refractivity contribution in [1.29, 1.82) is 0 Å². The molecule has 1 N–H and O–H groups in total. The molecule has 0 radical (unpaired) electrons. The van der Waals surface area contributed by atoms with Crippen LogP contribution in [0.25, 0.3) is 0 Å². The summed E-state index contributed by atoms with van der Waals surface area (Å²) >= 11 is 0. The van der Waals surface area contributed by atoms with Crippen LogP contribution in [0.15, 0.2) is 42.6 Å². The molecule has 1 aromatic carbocycles. The van der Waals surface area contributed by atoms with Gasteiger partial charge in [-0.15, -0.1) is 0 Å². The molecular formula is C19H22F2N4O3. The predicted molar refractivity (Wildman–Crippen MR) is 101 cm³/mol. The lowest BCUT2D eigenvalue weighted by Crippen LogP contribution is -2.36. The number of rotatable bonds is 6. The number of ether oxygens (including phenoxy) is 2. The molecule has 0 saturated carbocycles. The van der Waals surface area contributed by atoms with Crippen LogP contribution < -0.4 is 15.0 Å². The van der Waals surface area contributed by atoms with Crippen molar-refractivity contribution in [1.82, 2.24) is 9.88 Å². The van der Waals surface area contributed by atoms with Crippen LogP contribution in [0.5, 0.6) is 5.75 Å². The van der Waals surface area contributed by atoms with E-state index in [2.05, 4.69) is 19.9 Å². The summed E-state index contributed by atoms with van der Waals surface area (Å²) in [6, 6.07) is 9.54. The molecule has 150 valence electrons. The minimum Gasteiger partial charge on any atom is -0.435 e. The molecule has 9 heteroatoms. The van der Waals surface area contributed by atoms with E-state index in [-0.39, 0.29) is 11.8 Å². The zero-order valence-corrected chi connectivity index (χ0v) is 15.5. The Hall–Kier alpha value is -2.94. The quantitative estimate of drug-likeness (QED) is 0.818. The molecule has 0 spiro atoms. The number of urea groups is 1. The third-order valence-electron chi connectivity index (χ3n) is 4.25. The Morgan fingerprint density at radius 2 is 1.96 bits per heavy atom. The summed E-state index contributed by atoms with van der Waals surface area (Å²) in [4.78, 5) is 20.4. The van der Waals surface area contributed by atoms with Crippen LogP contribution in [-0.2, 0) is 11.3 Å². The molecule has 0 bridgehead atoms. The lowest BCUT2D eigenvalue weighted by atomic mass is 10.2. The third kappa shape index (κ3) is 5.53. The van der Waals surface area contributed by atoms with Crippen molar-refractivity contribution in [3.63, 3.8) is 0 Å². The van der Waals surface area contributed by atoms with Gasteiger partial charge in [-0.05, 0) is 29.8 Å². The molecule has 2 heterocycles. The molecular weight excluding hydrogens is 370 g/mol. The zero-order valence-electron chi connectivity index (χ0n) is 15.5. The number of alkyl halides is 2. The van der Waals surface area contributed by atoms with Crippen molar-refractivity contribution in [3.05, 3.63) is 48.2 Å². The molecule has 1 saturated heterocycles. The highest BCUT2D eigenvalue weighted by atomic mass is 19.3. The van der Waals surface area contributed by atoms with Gasteiger partial charge in [-0.1, -0.05) is 12.1 Å². The molecule has 0 unspecified atom stereocenters. The first-order chi connectivity index (χ1) is 13.5. The molecule has 1 fully saturated rings. The number of carbonyl (C=O) groups is 1. The van der Waals surface area contributed by atoms with Crippen LogP contribution in [0.3, 0.4) is 0 Å². The molecule has 1 aliphatic heterocycles. The normalized spacial score (nSPS) is 14.1. The third-order valence-corrected chi connectivity index (χ3v) is 4.25. The lowest BCUT2D eigenvalue weighted by Gasteiger charge is -2.27. The van der Waals surface area contributed by atoms with E-state index in [1.165, 1.54) is 17.0 Å². The topological polar surface area (TPSA) is 66.9 Å². The molecule has 3 rings (SSSR count). The van der Waals surface area contributed by atoms with Crippen molar-refractivity contribution < 1.29 is 23.0 Å². The maximum absolute atomic E-state index is 12.4. The maximum atomic E-state index is 12.4. The summed E-state index contributed by atoms with van der Waals surface area (Å²) in [5, 5.41) is 2.79. The minimum atomic E-state index is -2.86. The first-order valence-corrected chi connectivity index (χ1v) is 8.86. The highest BCUT2D eigenvalue weighted by Crippen LogP contribution is 2.17. The Morgan fingerprint density at radius 1 is 1.25 bits per heavy atom. The molecule has 28 heavy (non-hydrogen) atoms. The SMILES string of the molecule is CN(Cc1ccc(OC(F)F)cc1)C(=O)Nc1ccc(N2CCOCC2)nc1. The van der Waals surface area contributed by atoms with E-state index in [1.807, 2.05) is 6.07 Å². The van der Waals surface area contributed by atoms with Crippen molar-refractivity contribution in [2.24, 2.45) is 0 Å². The van der Waals surface area contributed by atoms with E-state index >= 15 is 0 Å². The van der Waals surface area contributed by atoms with E-state index in [0.29, 0.717) is 25.4 Å². The molecule has 7 nitrogen and oxygen atoms in total. The van der Waals surface area contributed by atoms with Crippen molar-refractivity contribution in [3.8, 4) is 5.75 Å². The number of amides is 2. The Bertz CT molecular complexity index is 766. The molecule has 2 aromatic rings. The Labute approximate surface area is 161 Å². The number of aromatic nitrogens is 1. The van der Waals surface area contributed by atoms with E-state index in [1.54, 1.807) is 31.4 Å². The fourth-order valence-corrected chi connectivity index (χ4v) is 2.78. The van der Waals surface area contributed by atoms with E-state index < -0.39 is 6.61 Å². The predicted octanol–water partition coefficient (Wildman–Crippen LogP) is 3.18. The van der Waals surface area contributed by atoms with Crippen LogP contribution in [0.1, 0.15) is 5.56 Å². The van der Waals surface area contributed by atoms with Gasteiger partial charge >= 0.3 is 12.6 Å². The number of carbonyl (C=O) groups excluding carboxylic acids is 1. The van der Waals surface area contributed by atoms with Crippen molar-refractivity contribution in [2.75, 3.05) is 43.6 Å². The number of halogens is 2. The second-order valence-corrected chi connectivity index (χ2v) is 6.31. The Balaban J connectivity index is 1.52. The Morgan fingerprint density at radius 3 is 2.57 bits per heavy atom. The lowest BCUT2D eigenvalue weighted by molar-refractivity contribution is -0.0498. The van der Waals surface area contributed by atoms with E-state index in [4.69, 9.17) is 4.74 Å². The highest BCUT2D eigenvalue weighted by Gasteiger charge is 2.14. The van der Waals surface area contributed by atoms with Gasteiger partial charge in [-0.25, -0.2) is 9.78 Å². The summed E-state index contributed by atoms with van der Waals surface area (Å²) in [7, 11) is 1.65. The molecule has 0 aliphatic carbocycles. The van der Waals surface area contributed by atoms with E-state index in [0.717, 1.165) is 24.5 Å². The fraction of sp³-hybridized carbons (Fsp3) is 0.368. The fourth-order valence-electron chi connectivity index (χ4n) is 2.78. The Kier molecular flexibility index (Phi) is 6.59. The van der Waals surface area contributed by atoms with Crippen molar-refractivity contribution in [2.45, 2.75) is 13.2 Å². The van der Waals surface area contributed by atoms with Crippen LogP contribution in [-0.4, -0.2) is 55.9 Å².